The van der Waals surface area contributed by atoms with Crippen molar-refractivity contribution < 1.29 is 13.2 Å². The molecule has 29 heavy (non-hydrogen) atoms. The molecule has 2 aliphatic rings. The van der Waals surface area contributed by atoms with Crippen molar-refractivity contribution in [2.75, 3.05) is 44.2 Å². The minimum absolute atomic E-state index is 0. The van der Waals surface area contributed by atoms with Crippen LogP contribution in [0.15, 0.2) is 29.2 Å². The predicted molar refractivity (Wildman–Crippen MR) is 120 cm³/mol. The van der Waals surface area contributed by atoms with E-state index in [1.807, 2.05) is 4.90 Å². The molecule has 2 saturated heterocycles. The van der Waals surface area contributed by atoms with E-state index in [0.717, 1.165) is 44.7 Å². The molecule has 0 bridgehead atoms. The molecule has 3 N–H and O–H groups in total. The van der Waals surface area contributed by atoms with Crippen molar-refractivity contribution in [1.29, 1.82) is 0 Å². The number of rotatable bonds is 5. The van der Waals surface area contributed by atoms with Gasteiger partial charge in [0, 0.05) is 38.3 Å². The van der Waals surface area contributed by atoms with E-state index in [1.165, 1.54) is 12.1 Å². The van der Waals surface area contributed by atoms with Gasteiger partial charge in [-0.25, -0.2) is 13.6 Å². The van der Waals surface area contributed by atoms with Crippen LogP contribution in [0.4, 0.5) is 5.69 Å². The Kier molecular flexibility index (Phi) is 10.2. The number of anilines is 1. The molecule has 1 unspecified atom stereocenters. The molecule has 3 rings (SSSR count). The number of carbonyl (C=O) groups excluding carboxylic acids is 1. The molecule has 166 valence electrons. The maximum Gasteiger partial charge on any atom is 0.238 e. The van der Waals surface area contributed by atoms with Crippen molar-refractivity contribution in [3.05, 3.63) is 24.3 Å². The van der Waals surface area contributed by atoms with Crippen molar-refractivity contribution in [2.45, 2.75) is 31.1 Å². The number of hydrogen-bond donors (Lipinski definition) is 2. The number of piperazine rings is 1. The van der Waals surface area contributed by atoms with Crippen molar-refractivity contribution >= 4 is 46.4 Å². The number of nitrogens with one attached hydrogen (secondary N) is 1. The van der Waals surface area contributed by atoms with Crippen LogP contribution in [0.2, 0.25) is 0 Å². The molecular formula is C19H32Cl2N4O3S. The summed E-state index contributed by atoms with van der Waals surface area (Å²) in [5.74, 6) is 1.34. The van der Waals surface area contributed by atoms with Gasteiger partial charge in [0.1, 0.15) is 0 Å². The van der Waals surface area contributed by atoms with E-state index in [2.05, 4.69) is 17.1 Å². The van der Waals surface area contributed by atoms with E-state index in [0.29, 0.717) is 31.3 Å². The normalized spacial score (nSPS) is 19.1. The van der Waals surface area contributed by atoms with Gasteiger partial charge in [0.15, 0.2) is 0 Å². The topological polar surface area (TPSA) is 95.7 Å². The SMILES string of the molecule is CC(CC(=O)N1CCN(c2ccc(S(N)(=O)=O)cc2)CC1)C1CCNCC1.Cl.Cl. The lowest BCUT2D eigenvalue weighted by molar-refractivity contribution is -0.132. The highest BCUT2D eigenvalue weighted by Crippen LogP contribution is 2.25. The smallest absolute Gasteiger partial charge is 0.238 e. The Balaban J connectivity index is 0.00000210. The van der Waals surface area contributed by atoms with Crippen LogP contribution in [0.5, 0.6) is 0 Å². The molecule has 10 heteroatoms. The number of benzene rings is 1. The van der Waals surface area contributed by atoms with Gasteiger partial charge < -0.3 is 15.1 Å². The average Bonchev–Trinajstić information content (AvgIpc) is 2.68. The van der Waals surface area contributed by atoms with Crippen LogP contribution < -0.4 is 15.4 Å². The molecule has 0 aliphatic carbocycles. The van der Waals surface area contributed by atoms with Gasteiger partial charge in [-0.15, -0.1) is 24.8 Å². The maximum atomic E-state index is 12.7. The average molecular weight is 467 g/mol. The largest absolute Gasteiger partial charge is 0.368 e. The van der Waals surface area contributed by atoms with E-state index in [1.54, 1.807) is 12.1 Å². The summed E-state index contributed by atoms with van der Waals surface area (Å²) in [6.45, 7) is 7.24. The first-order valence-electron chi connectivity index (χ1n) is 9.71. The number of sulfonamides is 1. The first-order valence-corrected chi connectivity index (χ1v) is 11.3. The Morgan fingerprint density at radius 3 is 2.17 bits per heavy atom. The van der Waals surface area contributed by atoms with Crippen molar-refractivity contribution in [3.63, 3.8) is 0 Å². The highest BCUT2D eigenvalue weighted by Gasteiger charge is 2.26. The molecule has 1 aromatic rings. The molecule has 0 saturated carbocycles. The predicted octanol–water partition coefficient (Wildman–Crippen LogP) is 1.85. The number of piperidine rings is 1. The third-order valence-corrected chi connectivity index (χ3v) is 6.78. The van der Waals surface area contributed by atoms with Crippen LogP contribution in [0.1, 0.15) is 26.2 Å². The molecule has 0 aromatic heterocycles. The Morgan fingerprint density at radius 1 is 1.10 bits per heavy atom. The Morgan fingerprint density at radius 2 is 1.66 bits per heavy atom. The van der Waals surface area contributed by atoms with Gasteiger partial charge >= 0.3 is 0 Å². The molecule has 0 spiro atoms. The molecule has 1 atom stereocenters. The van der Waals surface area contributed by atoms with Gasteiger partial charge in [-0.05, 0) is 62.0 Å². The molecule has 2 aliphatic heterocycles. The molecule has 2 fully saturated rings. The van der Waals surface area contributed by atoms with Gasteiger partial charge in [0.05, 0.1) is 4.90 Å². The highest BCUT2D eigenvalue weighted by atomic mass is 35.5. The fourth-order valence-corrected chi connectivity index (χ4v) is 4.56. The lowest BCUT2D eigenvalue weighted by Crippen LogP contribution is -2.49. The fourth-order valence-electron chi connectivity index (χ4n) is 4.05. The second kappa shape index (κ2) is 11.4. The molecule has 1 amide bonds. The zero-order valence-electron chi connectivity index (χ0n) is 16.7. The second-order valence-electron chi connectivity index (χ2n) is 7.68. The Labute approximate surface area is 186 Å². The van der Waals surface area contributed by atoms with Gasteiger partial charge in [-0.2, -0.15) is 0 Å². The summed E-state index contributed by atoms with van der Waals surface area (Å²) in [7, 11) is -3.67. The Hall–Kier alpha value is -1.06. The van der Waals surface area contributed by atoms with E-state index in [9.17, 15) is 13.2 Å². The molecule has 2 heterocycles. The van der Waals surface area contributed by atoms with E-state index < -0.39 is 10.0 Å². The zero-order valence-corrected chi connectivity index (χ0v) is 19.2. The van der Waals surface area contributed by atoms with Crippen molar-refractivity contribution in [2.24, 2.45) is 17.0 Å². The molecule has 0 radical (unpaired) electrons. The number of amides is 1. The lowest BCUT2D eigenvalue weighted by Gasteiger charge is -2.37. The maximum absolute atomic E-state index is 12.7. The quantitative estimate of drug-likeness (QED) is 0.689. The van der Waals surface area contributed by atoms with Crippen molar-refractivity contribution in [1.82, 2.24) is 10.2 Å². The van der Waals surface area contributed by atoms with E-state index >= 15 is 0 Å². The monoisotopic (exact) mass is 466 g/mol. The minimum Gasteiger partial charge on any atom is -0.368 e. The number of halogens is 2. The molecular weight excluding hydrogens is 435 g/mol. The summed E-state index contributed by atoms with van der Waals surface area (Å²) in [4.78, 5) is 16.9. The van der Waals surface area contributed by atoms with E-state index in [4.69, 9.17) is 5.14 Å². The number of nitrogens with two attached hydrogens (primary N) is 1. The molecule has 7 nitrogen and oxygen atoms in total. The number of hydrogen-bond acceptors (Lipinski definition) is 5. The second-order valence-corrected chi connectivity index (χ2v) is 9.24. The zero-order chi connectivity index (χ0) is 19.4. The third-order valence-electron chi connectivity index (χ3n) is 5.85. The number of nitrogens with zero attached hydrogens (tertiary/aromatic N) is 2. The summed E-state index contributed by atoms with van der Waals surface area (Å²) in [6.07, 6.45) is 2.96. The standard InChI is InChI=1S/C19H30N4O3S.2ClH/c1-15(16-6-8-21-9-7-16)14-19(24)23-12-10-22(11-13-23)17-2-4-18(5-3-17)27(20,25)26;;/h2-5,15-16,21H,6-14H2,1H3,(H2,20,25,26);2*1H. The number of carbonyl (C=O) groups is 1. The van der Waals surface area contributed by atoms with Crippen LogP contribution in [0, 0.1) is 11.8 Å². The number of primary sulfonamides is 1. The summed E-state index contributed by atoms with van der Waals surface area (Å²) in [5, 5.41) is 8.52. The van der Waals surface area contributed by atoms with Crippen LogP contribution in [0.3, 0.4) is 0 Å². The fraction of sp³-hybridized carbons (Fsp3) is 0.632. The summed E-state index contributed by atoms with van der Waals surface area (Å²) in [6, 6.07) is 6.61. The first-order chi connectivity index (χ1) is 12.8. The first kappa shape index (κ1) is 26.0. The van der Waals surface area contributed by atoms with E-state index in [-0.39, 0.29) is 35.6 Å². The van der Waals surface area contributed by atoms with Crippen molar-refractivity contribution in [3.8, 4) is 0 Å². The van der Waals surface area contributed by atoms with Gasteiger partial charge in [-0.1, -0.05) is 6.92 Å². The molecule has 1 aromatic carbocycles. The summed E-state index contributed by atoms with van der Waals surface area (Å²) < 4.78 is 22.7. The van der Waals surface area contributed by atoms with Crippen LogP contribution >= 0.6 is 24.8 Å². The van der Waals surface area contributed by atoms with Crippen LogP contribution in [-0.2, 0) is 14.8 Å². The minimum atomic E-state index is -3.67. The summed E-state index contributed by atoms with van der Waals surface area (Å²) in [5.41, 5.74) is 0.956. The van der Waals surface area contributed by atoms with Crippen LogP contribution in [0.25, 0.3) is 0 Å². The van der Waals surface area contributed by atoms with Gasteiger partial charge in [-0.3, -0.25) is 4.79 Å². The summed E-state index contributed by atoms with van der Waals surface area (Å²) >= 11 is 0. The van der Waals surface area contributed by atoms with Crippen LogP contribution in [-0.4, -0.2) is 58.5 Å². The Bertz CT molecular complexity index is 747. The van der Waals surface area contributed by atoms with Gasteiger partial charge in [0.2, 0.25) is 15.9 Å². The lowest BCUT2D eigenvalue weighted by atomic mass is 9.84. The third kappa shape index (κ3) is 7.00. The highest BCUT2D eigenvalue weighted by molar-refractivity contribution is 7.89. The van der Waals surface area contributed by atoms with Gasteiger partial charge in [0.25, 0.3) is 0 Å².